The summed E-state index contributed by atoms with van der Waals surface area (Å²) in [5.74, 6) is 0.821. The van der Waals surface area contributed by atoms with Crippen LogP contribution in [0.4, 0.5) is 5.95 Å². The molecular weight excluding hydrogens is 348 g/mol. The summed E-state index contributed by atoms with van der Waals surface area (Å²) in [4.78, 5) is 25.7. The van der Waals surface area contributed by atoms with Crippen molar-refractivity contribution < 1.29 is 0 Å². The van der Waals surface area contributed by atoms with Gasteiger partial charge in [0.1, 0.15) is 4.70 Å². The molecule has 4 rings (SSSR count). The highest BCUT2D eigenvalue weighted by molar-refractivity contribution is 7.17. The molecule has 1 saturated heterocycles. The van der Waals surface area contributed by atoms with Crippen LogP contribution in [0.5, 0.6) is 0 Å². The van der Waals surface area contributed by atoms with Gasteiger partial charge in [0.25, 0.3) is 5.56 Å². The summed E-state index contributed by atoms with van der Waals surface area (Å²) in [5.41, 5.74) is 0.0361. The zero-order valence-electron chi connectivity index (χ0n) is 14.6. The van der Waals surface area contributed by atoms with Crippen LogP contribution in [0.15, 0.2) is 40.9 Å². The van der Waals surface area contributed by atoms with Crippen LogP contribution in [-0.4, -0.2) is 57.4 Å². The minimum Gasteiger partial charge on any atom is -0.338 e. The number of aromatic nitrogens is 4. The SMILES string of the molecule is O=c1c2sccc2cnn1CCCCN1CCN(c2ncccn2)CC1. The number of hydrogen-bond donors (Lipinski definition) is 0. The van der Waals surface area contributed by atoms with Crippen molar-refractivity contribution in [3.63, 3.8) is 0 Å². The molecule has 1 aliphatic heterocycles. The van der Waals surface area contributed by atoms with Crippen LogP contribution in [0.1, 0.15) is 12.8 Å². The van der Waals surface area contributed by atoms with Crippen LogP contribution in [-0.2, 0) is 6.54 Å². The van der Waals surface area contributed by atoms with Gasteiger partial charge in [-0.1, -0.05) is 0 Å². The maximum atomic E-state index is 12.3. The minimum atomic E-state index is 0.0361. The van der Waals surface area contributed by atoms with Crippen LogP contribution in [0, 0.1) is 0 Å². The van der Waals surface area contributed by atoms with Crippen molar-refractivity contribution in [2.75, 3.05) is 37.6 Å². The van der Waals surface area contributed by atoms with Crippen molar-refractivity contribution in [2.45, 2.75) is 19.4 Å². The van der Waals surface area contributed by atoms with E-state index in [1.807, 2.05) is 17.5 Å². The maximum Gasteiger partial charge on any atom is 0.284 e. The molecule has 3 aromatic rings. The summed E-state index contributed by atoms with van der Waals surface area (Å²) in [5, 5.41) is 7.17. The fourth-order valence-corrected chi connectivity index (χ4v) is 4.09. The molecule has 0 aliphatic carbocycles. The molecule has 0 aromatic carbocycles. The molecule has 0 N–H and O–H groups in total. The Balaban J connectivity index is 1.22. The number of thiophene rings is 1. The number of hydrogen-bond acceptors (Lipinski definition) is 7. The van der Waals surface area contributed by atoms with Crippen LogP contribution in [0.25, 0.3) is 10.1 Å². The first-order valence-corrected chi connectivity index (χ1v) is 9.87. The highest BCUT2D eigenvalue weighted by atomic mass is 32.1. The average molecular weight is 370 g/mol. The van der Waals surface area contributed by atoms with Gasteiger partial charge in [0.2, 0.25) is 5.95 Å². The number of piperazine rings is 1. The average Bonchev–Trinajstić information content (AvgIpc) is 3.18. The van der Waals surface area contributed by atoms with E-state index in [2.05, 4.69) is 24.9 Å². The monoisotopic (exact) mass is 370 g/mol. The normalized spacial score (nSPS) is 15.6. The molecule has 7 nitrogen and oxygen atoms in total. The number of fused-ring (bicyclic) bond motifs is 1. The first-order valence-electron chi connectivity index (χ1n) is 8.99. The lowest BCUT2D eigenvalue weighted by atomic mass is 10.2. The molecule has 1 aliphatic rings. The van der Waals surface area contributed by atoms with Crippen LogP contribution in [0.2, 0.25) is 0 Å². The number of anilines is 1. The predicted molar refractivity (Wildman–Crippen MR) is 104 cm³/mol. The van der Waals surface area contributed by atoms with E-state index >= 15 is 0 Å². The summed E-state index contributed by atoms with van der Waals surface area (Å²) >= 11 is 1.49. The molecule has 0 radical (unpaired) electrons. The number of rotatable bonds is 6. The fourth-order valence-electron chi connectivity index (χ4n) is 3.28. The van der Waals surface area contributed by atoms with Gasteiger partial charge in [-0.2, -0.15) is 5.10 Å². The summed E-state index contributed by atoms with van der Waals surface area (Å²) in [6.07, 6.45) is 7.40. The van der Waals surface area contributed by atoms with Crippen LogP contribution >= 0.6 is 11.3 Å². The van der Waals surface area contributed by atoms with E-state index in [-0.39, 0.29) is 5.56 Å². The van der Waals surface area contributed by atoms with Gasteiger partial charge in [0.15, 0.2) is 0 Å². The van der Waals surface area contributed by atoms with Gasteiger partial charge >= 0.3 is 0 Å². The van der Waals surface area contributed by atoms with E-state index < -0.39 is 0 Å². The quantitative estimate of drug-likeness (QED) is 0.617. The maximum absolute atomic E-state index is 12.3. The first kappa shape index (κ1) is 17.1. The largest absolute Gasteiger partial charge is 0.338 e. The van der Waals surface area contributed by atoms with Gasteiger partial charge in [-0.3, -0.25) is 9.69 Å². The molecule has 0 atom stereocenters. The zero-order chi connectivity index (χ0) is 17.8. The van der Waals surface area contributed by atoms with Gasteiger partial charge in [-0.25, -0.2) is 14.6 Å². The van der Waals surface area contributed by atoms with E-state index in [0.29, 0.717) is 6.54 Å². The predicted octanol–water partition coefficient (Wildman–Crippen LogP) is 1.85. The molecule has 0 amide bonds. The minimum absolute atomic E-state index is 0.0361. The van der Waals surface area contributed by atoms with E-state index in [1.165, 1.54) is 11.3 Å². The smallest absolute Gasteiger partial charge is 0.284 e. The molecule has 0 bridgehead atoms. The van der Waals surface area contributed by atoms with Crippen LogP contribution in [0.3, 0.4) is 0 Å². The van der Waals surface area contributed by atoms with Gasteiger partial charge in [-0.15, -0.1) is 11.3 Å². The van der Waals surface area contributed by atoms with Crippen molar-refractivity contribution in [3.8, 4) is 0 Å². The second-order valence-electron chi connectivity index (χ2n) is 6.46. The molecule has 1 fully saturated rings. The van der Waals surface area contributed by atoms with Gasteiger partial charge in [-0.05, 0) is 36.9 Å². The third-order valence-electron chi connectivity index (χ3n) is 4.76. The Morgan fingerprint density at radius 3 is 2.62 bits per heavy atom. The van der Waals surface area contributed by atoms with Crippen molar-refractivity contribution in [1.29, 1.82) is 0 Å². The lowest BCUT2D eigenvalue weighted by Crippen LogP contribution is -2.47. The third-order valence-corrected chi connectivity index (χ3v) is 5.68. The Morgan fingerprint density at radius 1 is 1.04 bits per heavy atom. The Morgan fingerprint density at radius 2 is 1.81 bits per heavy atom. The Hall–Kier alpha value is -2.32. The molecule has 136 valence electrons. The van der Waals surface area contributed by atoms with Crippen LogP contribution < -0.4 is 10.5 Å². The van der Waals surface area contributed by atoms with Gasteiger partial charge in [0.05, 0.1) is 6.20 Å². The number of aryl methyl sites for hydroxylation is 1. The molecule has 0 spiro atoms. The highest BCUT2D eigenvalue weighted by Gasteiger charge is 2.18. The topological polar surface area (TPSA) is 67.2 Å². The standard InChI is InChI=1S/C18H22N6OS/c25-17-16-15(4-13-26-16)14-21-24(17)8-2-1-7-22-9-11-23(12-10-22)18-19-5-3-6-20-18/h3-6,13-14H,1-2,7-12H2. The van der Waals surface area contributed by atoms with Crippen molar-refractivity contribution in [2.24, 2.45) is 0 Å². The summed E-state index contributed by atoms with van der Waals surface area (Å²) in [7, 11) is 0. The van der Waals surface area contributed by atoms with E-state index in [4.69, 9.17) is 0 Å². The summed E-state index contributed by atoms with van der Waals surface area (Å²) in [6.45, 7) is 5.71. The molecule has 26 heavy (non-hydrogen) atoms. The lowest BCUT2D eigenvalue weighted by Gasteiger charge is -2.34. The summed E-state index contributed by atoms with van der Waals surface area (Å²) < 4.78 is 2.41. The third kappa shape index (κ3) is 3.76. The van der Waals surface area contributed by atoms with Gasteiger partial charge in [0, 0.05) is 50.5 Å². The number of nitrogens with zero attached hydrogens (tertiary/aromatic N) is 6. The Bertz CT molecular complexity index is 901. The van der Waals surface area contributed by atoms with E-state index in [1.54, 1.807) is 23.3 Å². The zero-order valence-corrected chi connectivity index (χ0v) is 15.4. The lowest BCUT2D eigenvalue weighted by molar-refractivity contribution is 0.249. The van der Waals surface area contributed by atoms with Crippen molar-refractivity contribution >= 4 is 27.4 Å². The fraction of sp³-hybridized carbons (Fsp3) is 0.444. The van der Waals surface area contributed by atoms with E-state index in [0.717, 1.165) is 61.6 Å². The Kier molecular flexibility index (Phi) is 5.21. The van der Waals surface area contributed by atoms with Gasteiger partial charge < -0.3 is 4.90 Å². The Labute approximate surface area is 155 Å². The molecule has 3 aromatic heterocycles. The molecule has 8 heteroatoms. The van der Waals surface area contributed by atoms with Crippen molar-refractivity contribution in [1.82, 2.24) is 24.6 Å². The molecule has 0 saturated carbocycles. The summed E-state index contributed by atoms with van der Waals surface area (Å²) in [6, 6.07) is 3.79. The molecule has 0 unspecified atom stereocenters. The number of unbranched alkanes of at least 4 members (excludes halogenated alkanes) is 1. The molecule has 4 heterocycles. The first-order chi connectivity index (χ1) is 12.8. The highest BCUT2D eigenvalue weighted by Crippen LogP contribution is 2.15. The second kappa shape index (κ2) is 7.92. The van der Waals surface area contributed by atoms with Crippen molar-refractivity contribution in [3.05, 3.63) is 46.5 Å². The second-order valence-corrected chi connectivity index (χ2v) is 7.38. The molecular formula is C18H22N6OS. The van der Waals surface area contributed by atoms with E-state index in [9.17, 15) is 4.79 Å².